The van der Waals surface area contributed by atoms with E-state index in [1.807, 2.05) is 6.92 Å². The summed E-state index contributed by atoms with van der Waals surface area (Å²) in [6.45, 7) is 2.03. The number of carbonyl (C=O) groups excluding carboxylic acids is 2. The van der Waals surface area contributed by atoms with Crippen LogP contribution in [-0.2, 0) is 19.1 Å². The fourth-order valence-corrected chi connectivity index (χ4v) is 6.41. The average molecular weight is 376 g/mol. The number of aliphatic hydroxyl groups excluding tert-OH is 2. The summed E-state index contributed by atoms with van der Waals surface area (Å²) in [6.07, 6.45) is 2.29. The van der Waals surface area contributed by atoms with Crippen molar-refractivity contribution < 1.29 is 33.7 Å². The van der Waals surface area contributed by atoms with Gasteiger partial charge >= 0.3 is 5.97 Å². The Hall–Kier alpha value is -1.70. The van der Waals surface area contributed by atoms with Gasteiger partial charge in [0.1, 0.15) is 11.9 Å². The minimum absolute atomic E-state index is 0.0404. The van der Waals surface area contributed by atoms with Crippen molar-refractivity contribution in [1.82, 2.24) is 0 Å². The van der Waals surface area contributed by atoms with Crippen molar-refractivity contribution in [3.63, 3.8) is 0 Å². The Balaban J connectivity index is 1.62. The van der Waals surface area contributed by atoms with E-state index >= 15 is 0 Å². The van der Waals surface area contributed by atoms with E-state index in [2.05, 4.69) is 0 Å². The van der Waals surface area contributed by atoms with Crippen LogP contribution < -0.4 is 0 Å². The fraction of sp³-hybridized carbons (Fsp3) is 0.700. The monoisotopic (exact) mass is 376 g/mol. The molecule has 27 heavy (non-hydrogen) atoms. The van der Waals surface area contributed by atoms with Gasteiger partial charge in [-0.2, -0.15) is 0 Å². The second-order valence-corrected chi connectivity index (χ2v) is 8.75. The number of esters is 1. The third kappa shape index (κ3) is 2.08. The first-order chi connectivity index (χ1) is 12.9. The van der Waals surface area contributed by atoms with Crippen molar-refractivity contribution in [2.45, 2.75) is 51.1 Å². The number of rotatable bonds is 1. The van der Waals surface area contributed by atoms with Gasteiger partial charge in [-0.3, -0.25) is 9.59 Å². The van der Waals surface area contributed by atoms with Gasteiger partial charge in [0.25, 0.3) is 0 Å². The molecule has 0 radical (unpaired) electrons. The molecule has 2 spiro atoms. The van der Waals surface area contributed by atoms with Gasteiger partial charge < -0.3 is 24.1 Å². The number of aliphatic hydroxyl groups is 2. The zero-order chi connectivity index (χ0) is 19.0. The summed E-state index contributed by atoms with van der Waals surface area (Å²) in [6, 6.07) is 1.78. The molecule has 1 aromatic rings. The molecule has 0 amide bonds. The lowest BCUT2D eigenvalue weighted by Crippen LogP contribution is -2.63. The summed E-state index contributed by atoms with van der Waals surface area (Å²) < 4.78 is 16.4. The molecule has 0 bridgehead atoms. The largest absolute Gasteiger partial charge is 0.472 e. The lowest BCUT2D eigenvalue weighted by atomic mass is 9.43. The Morgan fingerprint density at radius 3 is 2.74 bits per heavy atom. The highest BCUT2D eigenvalue weighted by molar-refractivity contribution is 5.92. The summed E-state index contributed by atoms with van der Waals surface area (Å²) in [4.78, 5) is 26.5. The molecular weight excluding hydrogens is 352 g/mol. The smallest absolute Gasteiger partial charge is 0.313 e. The number of ether oxygens (including phenoxy) is 2. The number of fused-ring (bicyclic) bond motifs is 1. The minimum atomic E-state index is -1.08. The van der Waals surface area contributed by atoms with Crippen LogP contribution in [0.1, 0.15) is 44.3 Å². The van der Waals surface area contributed by atoms with E-state index in [1.165, 1.54) is 0 Å². The lowest BCUT2D eigenvalue weighted by molar-refractivity contribution is -0.181. The SMILES string of the molecule is C[C@@H]1CC(=O)[C@]23CO[C@@H](O)[C@@H]2C[C@H](O)C[C@@H]3[C@@]12C[C@@H](c1ccoc1)OC2=O. The van der Waals surface area contributed by atoms with Gasteiger partial charge in [-0.05, 0) is 30.7 Å². The Labute approximate surface area is 156 Å². The van der Waals surface area contributed by atoms with Crippen LogP contribution in [0.5, 0.6) is 0 Å². The quantitative estimate of drug-likeness (QED) is 0.717. The standard InChI is InChI=1S/C20H24O7/c1-10-4-16(22)20-9-26-17(23)13(20)5-12(21)6-15(20)19(10)7-14(27-18(19)24)11-2-3-25-8-11/h2-3,8,10,12-15,17,21,23H,4-7,9H2,1H3/t10-,12+,13+,14+,15-,17-,19-,20-/m1/s1. The molecule has 7 heteroatoms. The normalized spacial score (nSPS) is 49.1. The predicted molar refractivity (Wildman–Crippen MR) is 90.0 cm³/mol. The summed E-state index contributed by atoms with van der Waals surface area (Å²) in [7, 11) is 0. The molecule has 2 saturated carbocycles. The number of ketones is 1. The Bertz CT molecular complexity index is 773. The van der Waals surface area contributed by atoms with Crippen molar-refractivity contribution in [3.05, 3.63) is 24.2 Å². The maximum Gasteiger partial charge on any atom is 0.313 e. The molecule has 2 N–H and O–H groups in total. The first kappa shape index (κ1) is 17.4. The third-order valence-electron chi connectivity index (χ3n) is 7.73. The van der Waals surface area contributed by atoms with Crippen LogP contribution >= 0.6 is 0 Å². The number of carbonyl (C=O) groups is 2. The van der Waals surface area contributed by atoms with E-state index in [1.54, 1.807) is 18.6 Å². The van der Waals surface area contributed by atoms with Crippen LogP contribution in [0.15, 0.2) is 23.0 Å². The van der Waals surface area contributed by atoms with Gasteiger partial charge in [0, 0.05) is 24.3 Å². The predicted octanol–water partition coefficient (Wildman–Crippen LogP) is 1.58. The molecule has 0 unspecified atom stereocenters. The van der Waals surface area contributed by atoms with E-state index in [0.29, 0.717) is 19.3 Å². The zero-order valence-electron chi connectivity index (χ0n) is 15.2. The Morgan fingerprint density at radius 1 is 1.19 bits per heavy atom. The van der Waals surface area contributed by atoms with Crippen LogP contribution in [0.3, 0.4) is 0 Å². The first-order valence-corrected chi connectivity index (χ1v) is 9.64. The van der Waals surface area contributed by atoms with Gasteiger partial charge in [-0.15, -0.1) is 0 Å². The molecular formula is C20H24O7. The van der Waals surface area contributed by atoms with Gasteiger partial charge in [-0.1, -0.05) is 6.92 Å². The van der Waals surface area contributed by atoms with Crippen molar-refractivity contribution >= 4 is 11.8 Å². The number of hydrogen-bond donors (Lipinski definition) is 2. The van der Waals surface area contributed by atoms with Gasteiger partial charge in [0.05, 0.1) is 36.1 Å². The van der Waals surface area contributed by atoms with Crippen LogP contribution in [0, 0.1) is 28.6 Å². The second-order valence-electron chi connectivity index (χ2n) is 8.75. The molecule has 4 fully saturated rings. The molecule has 8 atom stereocenters. The Kier molecular flexibility index (Phi) is 3.64. The summed E-state index contributed by atoms with van der Waals surface area (Å²) in [5, 5.41) is 20.9. The molecule has 5 rings (SSSR count). The Morgan fingerprint density at radius 2 is 2.00 bits per heavy atom. The van der Waals surface area contributed by atoms with Crippen LogP contribution in [0.25, 0.3) is 0 Å². The number of furan rings is 1. The van der Waals surface area contributed by atoms with Crippen molar-refractivity contribution in [1.29, 1.82) is 0 Å². The molecule has 7 nitrogen and oxygen atoms in total. The highest BCUT2D eigenvalue weighted by atomic mass is 16.6. The van der Waals surface area contributed by atoms with Crippen LogP contribution in [-0.4, -0.2) is 41.0 Å². The second kappa shape index (κ2) is 5.65. The molecule has 3 heterocycles. The van der Waals surface area contributed by atoms with Crippen LogP contribution in [0.4, 0.5) is 0 Å². The number of Topliss-reactive ketones (excluding diaryl/α,β-unsaturated/α-hetero) is 1. The molecule has 2 aliphatic heterocycles. The maximum absolute atomic E-state index is 13.3. The first-order valence-electron chi connectivity index (χ1n) is 9.64. The van der Waals surface area contributed by atoms with E-state index in [4.69, 9.17) is 13.9 Å². The number of hydrogen-bond acceptors (Lipinski definition) is 7. The van der Waals surface area contributed by atoms with Gasteiger partial charge in [0.15, 0.2) is 6.29 Å². The molecule has 2 aliphatic carbocycles. The van der Waals surface area contributed by atoms with E-state index in [0.717, 1.165) is 5.56 Å². The average Bonchev–Trinajstić information content (AvgIpc) is 3.33. The van der Waals surface area contributed by atoms with Gasteiger partial charge in [0.2, 0.25) is 0 Å². The topological polar surface area (TPSA) is 106 Å². The molecule has 1 aromatic heterocycles. The van der Waals surface area contributed by atoms with Crippen molar-refractivity contribution in [2.75, 3.05) is 6.61 Å². The molecule has 4 aliphatic rings. The maximum atomic E-state index is 13.3. The third-order valence-corrected chi connectivity index (χ3v) is 7.73. The van der Waals surface area contributed by atoms with E-state index < -0.39 is 41.2 Å². The minimum Gasteiger partial charge on any atom is -0.472 e. The fourth-order valence-electron chi connectivity index (χ4n) is 6.41. The molecule has 2 saturated heterocycles. The zero-order valence-corrected chi connectivity index (χ0v) is 15.2. The highest BCUT2D eigenvalue weighted by Crippen LogP contribution is 2.67. The van der Waals surface area contributed by atoms with E-state index in [9.17, 15) is 19.8 Å². The van der Waals surface area contributed by atoms with Gasteiger partial charge in [-0.25, -0.2) is 0 Å². The number of cyclic esters (lactones) is 1. The summed E-state index contributed by atoms with van der Waals surface area (Å²) >= 11 is 0. The summed E-state index contributed by atoms with van der Waals surface area (Å²) in [5.74, 6) is -1.36. The molecule has 146 valence electrons. The highest BCUT2D eigenvalue weighted by Gasteiger charge is 2.73. The van der Waals surface area contributed by atoms with Crippen molar-refractivity contribution in [2.24, 2.45) is 28.6 Å². The van der Waals surface area contributed by atoms with Crippen LogP contribution in [0.2, 0.25) is 0 Å². The summed E-state index contributed by atoms with van der Waals surface area (Å²) in [5.41, 5.74) is -0.993. The van der Waals surface area contributed by atoms with E-state index in [-0.39, 0.29) is 30.7 Å². The molecule has 0 aromatic carbocycles. The lowest BCUT2D eigenvalue weighted by Gasteiger charge is -2.56. The van der Waals surface area contributed by atoms with Crippen molar-refractivity contribution in [3.8, 4) is 0 Å².